The molecule has 1 atom stereocenters. The molecule has 29 heavy (non-hydrogen) atoms. The zero-order chi connectivity index (χ0) is 20.6. The summed E-state index contributed by atoms with van der Waals surface area (Å²) >= 11 is 1.41. The normalized spacial score (nSPS) is 11.8. The predicted octanol–water partition coefficient (Wildman–Crippen LogP) is 5.08. The Balaban J connectivity index is 1.69. The number of amides is 1. The van der Waals surface area contributed by atoms with Crippen LogP contribution in [0, 0.1) is 0 Å². The molecule has 0 aromatic heterocycles. The number of carbonyl (C=O) groups is 2. The molecule has 5 heteroatoms. The van der Waals surface area contributed by atoms with Crippen LogP contribution >= 0.6 is 11.8 Å². The van der Waals surface area contributed by atoms with Gasteiger partial charge in [-0.3, -0.25) is 9.59 Å². The Bertz CT molecular complexity index is 970. The quantitative estimate of drug-likeness (QED) is 0.386. The van der Waals surface area contributed by atoms with Crippen LogP contribution in [0.2, 0.25) is 0 Å². The number of hydrogen-bond acceptors (Lipinski definition) is 4. The number of thioether (sulfide) groups is 1. The van der Waals surface area contributed by atoms with Gasteiger partial charge in [0.2, 0.25) is 6.10 Å². The fourth-order valence-electron chi connectivity index (χ4n) is 3.15. The van der Waals surface area contributed by atoms with Crippen LogP contribution in [-0.2, 0) is 14.3 Å². The average molecular weight is 408 g/mol. The maximum absolute atomic E-state index is 12.9. The van der Waals surface area contributed by atoms with Crippen LogP contribution in [0.1, 0.15) is 25.5 Å². The molecule has 0 saturated carbocycles. The lowest BCUT2D eigenvalue weighted by atomic mass is 10.1. The van der Waals surface area contributed by atoms with E-state index >= 15 is 0 Å². The number of rotatable bonds is 8. The van der Waals surface area contributed by atoms with Gasteiger partial charge in [-0.2, -0.15) is 0 Å². The number of esters is 1. The van der Waals surface area contributed by atoms with E-state index in [0.29, 0.717) is 18.7 Å². The molecule has 4 nitrogen and oxygen atoms in total. The van der Waals surface area contributed by atoms with Crippen LogP contribution in [0.15, 0.2) is 77.7 Å². The first-order chi connectivity index (χ1) is 14.1. The Morgan fingerprint density at radius 3 is 2.24 bits per heavy atom. The highest BCUT2D eigenvalue weighted by Gasteiger charge is 2.28. The number of nitrogens with zero attached hydrogens (tertiary/aromatic N) is 1. The molecule has 0 unspecified atom stereocenters. The summed E-state index contributed by atoms with van der Waals surface area (Å²) in [6, 6.07) is 23.4. The number of ether oxygens (including phenoxy) is 1. The SMILES string of the molecule is CCN(CC)C(=O)[C@H](OC(=O)CSc1ccc2ccccc2c1)c1ccccc1. The summed E-state index contributed by atoms with van der Waals surface area (Å²) in [5.41, 5.74) is 0.688. The fourth-order valence-corrected chi connectivity index (χ4v) is 3.88. The van der Waals surface area contributed by atoms with E-state index in [-0.39, 0.29) is 11.7 Å². The van der Waals surface area contributed by atoms with Gasteiger partial charge in [-0.25, -0.2) is 0 Å². The second kappa shape index (κ2) is 10.1. The van der Waals surface area contributed by atoms with Crippen molar-refractivity contribution in [3.63, 3.8) is 0 Å². The summed E-state index contributed by atoms with van der Waals surface area (Å²) in [7, 11) is 0. The van der Waals surface area contributed by atoms with Gasteiger partial charge in [0.25, 0.3) is 5.91 Å². The lowest BCUT2D eigenvalue weighted by molar-refractivity contribution is -0.158. The Morgan fingerprint density at radius 1 is 0.897 bits per heavy atom. The first-order valence-corrected chi connectivity index (χ1v) is 10.8. The van der Waals surface area contributed by atoms with E-state index in [9.17, 15) is 9.59 Å². The molecule has 1 amide bonds. The van der Waals surface area contributed by atoms with Gasteiger partial charge >= 0.3 is 5.97 Å². The Morgan fingerprint density at radius 2 is 1.55 bits per heavy atom. The van der Waals surface area contributed by atoms with Crippen molar-refractivity contribution in [2.75, 3.05) is 18.8 Å². The Labute approximate surface area is 175 Å². The summed E-state index contributed by atoms with van der Waals surface area (Å²) < 4.78 is 5.64. The fraction of sp³-hybridized carbons (Fsp3) is 0.250. The molecule has 0 fully saturated rings. The van der Waals surface area contributed by atoms with Crippen molar-refractivity contribution < 1.29 is 14.3 Å². The molecule has 0 heterocycles. The van der Waals surface area contributed by atoms with Crippen molar-refractivity contribution in [2.45, 2.75) is 24.8 Å². The molecule has 0 aliphatic carbocycles. The molecule has 0 radical (unpaired) electrons. The zero-order valence-corrected chi connectivity index (χ0v) is 17.5. The van der Waals surface area contributed by atoms with Gasteiger partial charge in [0.1, 0.15) is 0 Å². The minimum absolute atomic E-state index is 0.146. The molecule has 3 aromatic carbocycles. The predicted molar refractivity (Wildman–Crippen MR) is 118 cm³/mol. The molecule has 0 aliphatic heterocycles. The maximum Gasteiger partial charge on any atom is 0.317 e. The minimum Gasteiger partial charge on any atom is -0.447 e. The van der Waals surface area contributed by atoms with E-state index in [2.05, 4.69) is 12.1 Å². The van der Waals surface area contributed by atoms with E-state index in [4.69, 9.17) is 4.74 Å². The minimum atomic E-state index is -0.916. The van der Waals surface area contributed by atoms with Crippen LogP contribution in [-0.4, -0.2) is 35.6 Å². The largest absolute Gasteiger partial charge is 0.447 e. The molecule has 3 aromatic rings. The first kappa shape index (κ1) is 20.9. The number of fused-ring (bicyclic) bond motifs is 1. The maximum atomic E-state index is 12.9. The molecule has 3 rings (SSSR count). The molecule has 0 aliphatic rings. The van der Waals surface area contributed by atoms with Gasteiger partial charge < -0.3 is 9.64 Å². The monoisotopic (exact) mass is 407 g/mol. The first-order valence-electron chi connectivity index (χ1n) is 9.77. The van der Waals surface area contributed by atoms with Crippen molar-refractivity contribution >= 4 is 34.4 Å². The molecule has 0 spiro atoms. The van der Waals surface area contributed by atoms with Gasteiger partial charge in [0, 0.05) is 23.5 Å². The third-order valence-corrected chi connectivity index (χ3v) is 5.70. The summed E-state index contributed by atoms with van der Waals surface area (Å²) in [6.07, 6.45) is -0.916. The molecular formula is C24H25NO3S. The van der Waals surface area contributed by atoms with Gasteiger partial charge in [0.05, 0.1) is 5.75 Å². The van der Waals surface area contributed by atoms with Crippen molar-refractivity contribution in [1.82, 2.24) is 4.90 Å². The zero-order valence-electron chi connectivity index (χ0n) is 16.7. The highest BCUT2D eigenvalue weighted by atomic mass is 32.2. The van der Waals surface area contributed by atoms with E-state index in [1.54, 1.807) is 4.90 Å². The van der Waals surface area contributed by atoms with Crippen LogP contribution in [0.5, 0.6) is 0 Å². The van der Waals surface area contributed by atoms with Crippen molar-refractivity contribution in [1.29, 1.82) is 0 Å². The lowest BCUT2D eigenvalue weighted by Crippen LogP contribution is -2.37. The van der Waals surface area contributed by atoms with Crippen LogP contribution in [0.3, 0.4) is 0 Å². The van der Waals surface area contributed by atoms with Gasteiger partial charge in [0.15, 0.2) is 0 Å². The molecule has 0 saturated heterocycles. The molecular weight excluding hydrogens is 382 g/mol. The van der Waals surface area contributed by atoms with Gasteiger partial charge in [-0.15, -0.1) is 11.8 Å². The van der Waals surface area contributed by atoms with Crippen LogP contribution < -0.4 is 0 Å². The Kier molecular flexibility index (Phi) is 7.30. The number of likely N-dealkylation sites (N-methyl/N-ethyl adjacent to an activating group) is 1. The van der Waals surface area contributed by atoms with Gasteiger partial charge in [-0.05, 0) is 36.8 Å². The van der Waals surface area contributed by atoms with Crippen molar-refractivity contribution in [3.05, 3.63) is 78.4 Å². The summed E-state index contributed by atoms with van der Waals surface area (Å²) in [6.45, 7) is 4.98. The number of hydrogen-bond donors (Lipinski definition) is 0. The van der Waals surface area contributed by atoms with E-state index in [1.165, 1.54) is 11.8 Å². The highest BCUT2D eigenvalue weighted by Crippen LogP contribution is 2.25. The van der Waals surface area contributed by atoms with Crippen molar-refractivity contribution in [2.24, 2.45) is 0 Å². The molecule has 0 N–H and O–H groups in total. The van der Waals surface area contributed by atoms with E-state index < -0.39 is 12.1 Å². The van der Waals surface area contributed by atoms with E-state index in [0.717, 1.165) is 15.7 Å². The average Bonchev–Trinajstić information content (AvgIpc) is 2.77. The van der Waals surface area contributed by atoms with E-state index in [1.807, 2.05) is 74.5 Å². The number of carbonyl (C=O) groups excluding carboxylic acids is 2. The third-order valence-electron chi connectivity index (χ3n) is 4.73. The second-order valence-electron chi connectivity index (χ2n) is 6.59. The topological polar surface area (TPSA) is 46.6 Å². The smallest absolute Gasteiger partial charge is 0.317 e. The van der Waals surface area contributed by atoms with Crippen molar-refractivity contribution in [3.8, 4) is 0 Å². The van der Waals surface area contributed by atoms with Gasteiger partial charge in [-0.1, -0.05) is 60.7 Å². The number of benzene rings is 3. The Hall–Kier alpha value is -2.79. The highest BCUT2D eigenvalue weighted by molar-refractivity contribution is 8.00. The van der Waals surface area contributed by atoms with Crippen LogP contribution in [0.25, 0.3) is 10.8 Å². The standard InChI is InChI=1S/C24H25NO3S/c1-3-25(4-2)24(27)23(19-11-6-5-7-12-19)28-22(26)17-29-21-15-14-18-10-8-9-13-20(18)16-21/h5-16,23H,3-4,17H2,1-2H3/t23-/m1/s1. The second-order valence-corrected chi connectivity index (χ2v) is 7.64. The summed E-state index contributed by atoms with van der Waals surface area (Å²) in [4.78, 5) is 28.1. The summed E-state index contributed by atoms with van der Waals surface area (Å²) in [5, 5.41) is 2.29. The van der Waals surface area contributed by atoms with Crippen LogP contribution in [0.4, 0.5) is 0 Å². The summed E-state index contributed by atoms with van der Waals surface area (Å²) in [5.74, 6) is -0.449. The molecule has 0 bridgehead atoms. The lowest BCUT2D eigenvalue weighted by Gasteiger charge is -2.25. The third kappa shape index (κ3) is 5.39. The molecule has 150 valence electrons.